The summed E-state index contributed by atoms with van der Waals surface area (Å²) in [6.07, 6.45) is 1.52. The second-order valence-electron chi connectivity index (χ2n) is 7.56. The summed E-state index contributed by atoms with van der Waals surface area (Å²) in [6, 6.07) is 6.52. The molecule has 0 spiro atoms. The van der Waals surface area contributed by atoms with Crippen LogP contribution in [0.3, 0.4) is 0 Å². The van der Waals surface area contributed by atoms with Crippen LogP contribution in [0.4, 0.5) is 18.9 Å². The van der Waals surface area contributed by atoms with Crippen molar-refractivity contribution in [2.24, 2.45) is 5.92 Å². The van der Waals surface area contributed by atoms with Crippen LogP contribution in [0, 0.1) is 5.92 Å². The SMILES string of the molecule is O=CC1CCC(n2cc3cc(NC(=O)c4cccc(C(F)(F)F)n4)c(Cl)cc3n2)CC1. The topological polar surface area (TPSA) is 76.9 Å². The molecule has 0 unspecified atom stereocenters. The third kappa shape index (κ3) is 4.56. The molecule has 0 radical (unpaired) electrons. The number of hydrogen-bond acceptors (Lipinski definition) is 4. The highest BCUT2D eigenvalue weighted by Crippen LogP contribution is 2.34. The van der Waals surface area contributed by atoms with Gasteiger partial charge >= 0.3 is 6.18 Å². The van der Waals surface area contributed by atoms with E-state index in [4.69, 9.17) is 11.6 Å². The molecule has 3 aromatic rings. The Hall–Kier alpha value is -2.94. The van der Waals surface area contributed by atoms with Crippen LogP contribution in [-0.2, 0) is 11.0 Å². The molecule has 6 nitrogen and oxygen atoms in total. The number of aldehydes is 1. The molecule has 10 heteroatoms. The predicted molar refractivity (Wildman–Crippen MR) is 109 cm³/mol. The molecule has 0 saturated heterocycles. The van der Waals surface area contributed by atoms with Crippen molar-refractivity contribution in [2.45, 2.75) is 37.9 Å². The first-order valence-corrected chi connectivity index (χ1v) is 10.1. The summed E-state index contributed by atoms with van der Waals surface area (Å²) in [5.41, 5.74) is -0.624. The number of nitrogens with one attached hydrogen (secondary N) is 1. The van der Waals surface area contributed by atoms with Crippen LogP contribution in [0.1, 0.15) is 47.9 Å². The van der Waals surface area contributed by atoms with E-state index in [2.05, 4.69) is 15.4 Å². The van der Waals surface area contributed by atoms with Crippen LogP contribution in [0.5, 0.6) is 0 Å². The van der Waals surface area contributed by atoms with Gasteiger partial charge < -0.3 is 10.1 Å². The molecule has 1 aromatic carbocycles. The first kappa shape index (κ1) is 21.3. The van der Waals surface area contributed by atoms with Gasteiger partial charge in [0.2, 0.25) is 0 Å². The number of carbonyl (C=O) groups excluding carboxylic acids is 2. The average Bonchev–Trinajstić information content (AvgIpc) is 3.16. The normalized spacial score (nSPS) is 19.4. The quantitative estimate of drug-likeness (QED) is 0.548. The van der Waals surface area contributed by atoms with Crippen LogP contribution in [0.25, 0.3) is 10.9 Å². The molecule has 1 saturated carbocycles. The van der Waals surface area contributed by atoms with Gasteiger partial charge in [-0.3, -0.25) is 9.48 Å². The van der Waals surface area contributed by atoms with Crippen molar-refractivity contribution in [1.29, 1.82) is 0 Å². The Labute approximate surface area is 180 Å². The van der Waals surface area contributed by atoms with E-state index in [1.54, 1.807) is 12.1 Å². The molecule has 31 heavy (non-hydrogen) atoms. The molecular formula is C21H18ClF3N4O2. The lowest BCUT2D eigenvalue weighted by Gasteiger charge is -2.25. The summed E-state index contributed by atoms with van der Waals surface area (Å²) in [7, 11) is 0. The molecule has 1 N–H and O–H groups in total. The van der Waals surface area contributed by atoms with Gasteiger partial charge in [-0.25, -0.2) is 4.98 Å². The van der Waals surface area contributed by atoms with Crippen LogP contribution < -0.4 is 5.32 Å². The first-order chi connectivity index (χ1) is 14.7. The number of aromatic nitrogens is 3. The van der Waals surface area contributed by atoms with Gasteiger partial charge in [0.1, 0.15) is 17.7 Å². The van der Waals surface area contributed by atoms with Crippen LogP contribution >= 0.6 is 11.6 Å². The fraction of sp³-hybridized carbons (Fsp3) is 0.333. The van der Waals surface area contributed by atoms with Crippen molar-refractivity contribution in [3.63, 3.8) is 0 Å². The maximum absolute atomic E-state index is 12.9. The number of halogens is 4. The highest BCUT2D eigenvalue weighted by molar-refractivity contribution is 6.34. The van der Waals surface area contributed by atoms with Crippen molar-refractivity contribution in [3.05, 3.63) is 52.9 Å². The number of carbonyl (C=O) groups is 2. The van der Waals surface area contributed by atoms with Crippen molar-refractivity contribution >= 4 is 40.4 Å². The van der Waals surface area contributed by atoms with E-state index in [1.165, 1.54) is 6.07 Å². The Morgan fingerprint density at radius 3 is 2.61 bits per heavy atom. The molecule has 162 valence electrons. The van der Waals surface area contributed by atoms with E-state index in [1.807, 2.05) is 10.9 Å². The fourth-order valence-corrected chi connectivity index (χ4v) is 3.96. The Morgan fingerprint density at radius 2 is 1.94 bits per heavy atom. The van der Waals surface area contributed by atoms with Gasteiger partial charge in [-0.1, -0.05) is 17.7 Å². The molecule has 0 aliphatic heterocycles. The van der Waals surface area contributed by atoms with Crippen LogP contribution in [0.15, 0.2) is 36.5 Å². The highest BCUT2D eigenvalue weighted by atomic mass is 35.5. The average molecular weight is 451 g/mol. The second kappa shape index (κ2) is 8.30. The van der Waals surface area contributed by atoms with Crippen molar-refractivity contribution in [1.82, 2.24) is 14.8 Å². The Balaban J connectivity index is 1.55. The molecule has 2 aromatic heterocycles. The molecule has 0 atom stereocenters. The number of fused-ring (bicyclic) bond motifs is 1. The first-order valence-electron chi connectivity index (χ1n) is 9.74. The van der Waals surface area contributed by atoms with Crippen LogP contribution in [-0.4, -0.2) is 27.0 Å². The smallest absolute Gasteiger partial charge is 0.319 e. The summed E-state index contributed by atoms with van der Waals surface area (Å²) < 4.78 is 40.4. The standard InChI is InChI=1S/C21H18ClF3N4O2/c22-15-9-17-13(10-29(28-17)14-6-4-12(11-30)5-7-14)8-18(15)27-20(31)16-2-1-3-19(26-16)21(23,24)25/h1-3,8-12,14H,4-7H2,(H,27,31). The Bertz CT molecular complexity index is 1140. The third-order valence-electron chi connectivity index (χ3n) is 5.44. The molecular weight excluding hydrogens is 433 g/mol. The van der Waals surface area contributed by atoms with Crippen LogP contribution in [0.2, 0.25) is 5.02 Å². The molecule has 4 rings (SSSR count). The lowest BCUT2D eigenvalue weighted by atomic mass is 9.87. The minimum Gasteiger partial charge on any atom is -0.319 e. The number of hydrogen-bond donors (Lipinski definition) is 1. The third-order valence-corrected chi connectivity index (χ3v) is 5.75. The predicted octanol–water partition coefficient (Wildman–Crippen LogP) is 5.29. The van der Waals surface area contributed by atoms with Gasteiger partial charge in [-0.15, -0.1) is 0 Å². The molecule has 1 aliphatic carbocycles. The minimum atomic E-state index is -4.65. The van der Waals surface area contributed by atoms with Crippen molar-refractivity contribution < 1.29 is 22.8 Å². The van der Waals surface area contributed by atoms with E-state index >= 15 is 0 Å². The number of amides is 1. The maximum Gasteiger partial charge on any atom is 0.433 e. The van der Waals surface area contributed by atoms with Gasteiger partial charge in [0.05, 0.1) is 22.3 Å². The lowest BCUT2D eigenvalue weighted by molar-refractivity contribution is -0.141. The lowest BCUT2D eigenvalue weighted by Crippen LogP contribution is -2.19. The number of pyridine rings is 1. The van der Waals surface area contributed by atoms with E-state index in [9.17, 15) is 22.8 Å². The maximum atomic E-state index is 12.9. The highest BCUT2D eigenvalue weighted by Gasteiger charge is 2.33. The molecule has 2 heterocycles. The number of rotatable bonds is 4. The summed E-state index contributed by atoms with van der Waals surface area (Å²) >= 11 is 6.27. The van der Waals surface area contributed by atoms with Crippen molar-refractivity contribution in [2.75, 3.05) is 5.32 Å². The van der Waals surface area contributed by atoms with E-state index < -0.39 is 17.8 Å². The van der Waals surface area contributed by atoms with Gasteiger partial charge in [0.15, 0.2) is 0 Å². The minimum absolute atomic E-state index is 0.0990. The Morgan fingerprint density at radius 1 is 1.19 bits per heavy atom. The summed E-state index contributed by atoms with van der Waals surface area (Å²) in [5, 5.41) is 8.02. The molecule has 1 aliphatic rings. The Kier molecular flexibility index (Phi) is 5.70. The van der Waals surface area contributed by atoms with Crippen molar-refractivity contribution in [3.8, 4) is 0 Å². The van der Waals surface area contributed by atoms with E-state index in [0.717, 1.165) is 49.5 Å². The van der Waals surface area contributed by atoms with Gasteiger partial charge in [-0.2, -0.15) is 18.3 Å². The zero-order valence-electron chi connectivity index (χ0n) is 16.2. The molecule has 1 amide bonds. The molecule has 0 bridgehead atoms. The van der Waals surface area contributed by atoms with E-state index in [-0.39, 0.29) is 28.4 Å². The zero-order chi connectivity index (χ0) is 22.2. The number of anilines is 1. The second-order valence-corrected chi connectivity index (χ2v) is 7.97. The zero-order valence-corrected chi connectivity index (χ0v) is 17.0. The summed E-state index contributed by atoms with van der Waals surface area (Å²) in [4.78, 5) is 26.8. The van der Waals surface area contributed by atoms with E-state index in [0.29, 0.717) is 5.52 Å². The fourth-order valence-electron chi connectivity index (χ4n) is 3.76. The molecule has 1 fully saturated rings. The number of nitrogens with zero attached hydrogens (tertiary/aromatic N) is 3. The van der Waals surface area contributed by atoms with Gasteiger partial charge in [0.25, 0.3) is 5.91 Å². The summed E-state index contributed by atoms with van der Waals surface area (Å²) in [5.74, 6) is -0.700. The van der Waals surface area contributed by atoms with Gasteiger partial charge in [0, 0.05) is 17.5 Å². The largest absolute Gasteiger partial charge is 0.433 e. The number of alkyl halides is 3. The monoisotopic (exact) mass is 450 g/mol. The summed E-state index contributed by atoms with van der Waals surface area (Å²) in [6.45, 7) is 0. The number of benzene rings is 1. The van der Waals surface area contributed by atoms with Gasteiger partial charge in [-0.05, 0) is 49.9 Å².